The maximum atomic E-state index is 10.5. The van der Waals surface area contributed by atoms with Crippen LogP contribution in [0.2, 0.25) is 0 Å². The first-order valence-corrected chi connectivity index (χ1v) is 6.10. The van der Waals surface area contributed by atoms with Crippen LogP contribution in [0, 0.1) is 0 Å². The molecule has 0 saturated heterocycles. The van der Waals surface area contributed by atoms with E-state index in [0.717, 1.165) is 9.37 Å². The number of hydrogen-bond acceptors (Lipinski definition) is 3. The molecule has 0 heterocycles. The van der Waals surface area contributed by atoms with Gasteiger partial charge in [-0.1, -0.05) is 6.92 Å². The van der Waals surface area contributed by atoms with Crippen LogP contribution in [0.5, 0.6) is 0 Å². The molecule has 0 bridgehead atoms. The Labute approximate surface area is 101 Å². The number of benzene rings is 1. The van der Waals surface area contributed by atoms with Crippen LogP contribution in [-0.4, -0.2) is 16.3 Å². The number of hydrogen-bond donors (Lipinski definition) is 2. The molecule has 0 fully saturated rings. The first-order chi connectivity index (χ1) is 6.99. The van der Waals surface area contributed by atoms with Gasteiger partial charge in [-0.15, -0.1) is 11.8 Å². The van der Waals surface area contributed by atoms with Crippen molar-refractivity contribution in [3.05, 3.63) is 22.7 Å². The molecule has 82 valence electrons. The molecule has 0 radical (unpaired) electrons. The fourth-order valence-corrected chi connectivity index (χ4v) is 2.77. The van der Waals surface area contributed by atoms with Gasteiger partial charge in [0.1, 0.15) is 0 Å². The van der Waals surface area contributed by atoms with E-state index in [2.05, 4.69) is 15.9 Å². The lowest BCUT2D eigenvalue weighted by atomic mass is 10.3. The molecule has 3 nitrogen and oxygen atoms in total. The normalized spacial score (nSPS) is 12.4. The highest BCUT2D eigenvalue weighted by Gasteiger charge is 2.11. The summed E-state index contributed by atoms with van der Waals surface area (Å²) in [5.74, 6) is -0.776. The number of anilines is 1. The predicted octanol–water partition coefficient (Wildman–Crippen LogP) is 2.99. The van der Waals surface area contributed by atoms with E-state index in [-0.39, 0.29) is 11.7 Å². The Morgan fingerprint density at radius 1 is 1.67 bits per heavy atom. The minimum absolute atomic E-state index is 0.0439. The van der Waals surface area contributed by atoms with Crippen molar-refractivity contribution in [1.29, 1.82) is 0 Å². The molecule has 1 atom stereocenters. The summed E-state index contributed by atoms with van der Waals surface area (Å²) in [5, 5.41) is 8.67. The standard InChI is InChI=1S/C10H12BrNO2S/c1-6(4-10(13)14)15-9-3-2-7(12)5-8(9)11/h2-3,5-6H,4,12H2,1H3,(H,13,14). The number of thioether (sulfide) groups is 1. The fraction of sp³-hybridized carbons (Fsp3) is 0.300. The Balaban J connectivity index is 2.68. The van der Waals surface area contributed by atoms with Gasteiger partial charge >= 0.3 is 5.97 Å². The monoisotopic (exact) mass is 289 g/mol. The second kappa shape index (κ2) is 5.42. The van der Waals surface area contributed by atoms with Crippen LogP contribution in [0.15, 0.2) is 27.6 Å². The SMILES string of the molecule is CC(CC(=O)O)Sc1ccc(N)cc1Br. The van der Waals surface area contributed by atoms with Crippen molar-refractivity contribution in [2.45, 2.75) is 23.5 Å². The molecular formula is C10H12BrNO2S. The summed E-state index contributed by atoms with van der Waals surface area (Å²) in [6.07, 6.45) is 0.154. The first-order valence-electron chi connectivity index (χ1n) is 4.42. The third-order valence-corrected chi connectivity index (χ3v) is 3.84. The maximum absolute atomic E-state index is 10.5. The van der Waals surface area contributed by atoms with Gasteiger partial charge in [-0.05, 0) is 34.1 Å². The van der Waals surface area contributed by atoms with Gasteiger partial charge in [0.05, 0.1) is 6.42 Å². The third kappa shape index (κ3) is 4.13. The van der Waals surface area contributed by atoms with E-state index in [1.165, 1.54) is 11.8 Å². The van der Waals surface area contributed by atoms with Gasteiger partial charge in [0.2, 0.25) is 0 Å². The van der Waals surface area contributed by atoms with Crippen molar-refractivity contribution >= 4 is 39.3 Å². The zero-order valence-corrected chi connectivity index (χ0v) is 10.6. The summed E-state index contributed by atoms with van der Waals surface area (Å²) < 4.78 is 0.907. The van der Waals surface area contributed by atoms with E-state index >= 15 is 0 Å². The Bertz CT molecular complexity index is 370. The molecule has 0 aromatic heterocycles. The van der Waals surface area contributed by atoms with Gasteiger partial charge in [-0.25, -0.2) is 0 Å². The Kier molecular flexibility index (Phi) is 4.47. The third-order valence-electron chi connectivity index (χ3n) is 1.75. The Morgan fingerprint density at radius 2 is 2.33 bits per heavy atom. The van der Waals surface area contributed by atoms with Gasteiger partial charge in [0.15, 0.2) is 0 Å². The summed E-state index contributed by atoms with van der Waals surface area (Å²) in [5.41, 5.74) is 6.30. The van der Waals surface area contributed by atoms with Crippen molar-refractivity contribution in [2.24, 2.45) is 0 Å². The van der Waals surface area contributed by atoms with Crippen LogP contribution in [0.3, 0.4) is 0 Å². The smallest absolute Gasteiger partial charge is 0.304 e. The second-order valence-electron chi connectivity index (χ2n) is 3.22. The van der Waals surface area contributed by atoms with Gasteiger partial charge in [0.25, 0.3) is 0 Å². The lowest BCUT2D eigenvalue weighted by molar-refractivity contribution is -0.136. The number of rotatable bonds is 4. The number of nitrogen functional groups attached to an aromatic ring is 1. The van der Waals surface area contributed by atoms with Crippen molar-refractivity contribution < 1.29 is 9.90 Å². The predicted molar refractivity (Wildman–Crippen MR) is 66.1 cm³/mol. The molecule has 0 aliphatic carbocycles. The van der Waals surface area contributed by atoms with Gasteiger partial charge in [-0.2, -0.15) is 0 Å². The molecule has 0 amide bonds. The zero-order chi connectivity index (χ0) is 11.4. The van der Waals surface area contributed by atoms with Crippen LogP contribution < -0.4 is 5.73 Å². The van der Waals surface area contributed by atoms with E-state index in [0.29, 0.717) is 5.69 Å². The average Bonchev–Trinajstić information content (AvgIpc) is 2.08. The lowest BCUT2D eigenvalue weighted by Gasteiger charge is -2.10. The highest BCUT2D eigenvalue weighted by molar-refractivity contribution is 9.10. The summed E-state index contributed by atoms with van der Waals surface area (Å²) in [6, 6.07) is 5.51. The molecule has 1 aromatic rings. The average molecular weight is 290 g/mol. The topological polar surface area (TPSA) is 63.3 Å². The molecule has 0 saturated carbocycles. The fourth-order valence-electron chi connectivity index (χ4n) is 1.12. The summed E-state index contributed by atoms with van der Waals surface area (Å²) in [4.78, 5) is 11.5. The maximum Gasteiger partial charge on any atom is 0.304 e. The van der Waals surface area contributed by atoms with Gasteiger partial charge in [-0.3, -0.25) is 4.79 Å². The first kappa shape index (κ1) is 12.4. The van der Waals surface area contributed by atoms with Crippen molar-refractivity contribution in [3.63, 3.8) is 0 Å². The van der Waals surface area contributed by atoms with Crippen LogP contribution in [0.4, 0.5) is 5.69 Å². The molecule has 1 aromatic carbocycles. The largest absolute Gasteiger partial charge is 0.481 e. The summed E-state index contributed by atoms with van der Waals surface area (Å²) in [6.45, 7) is 1.89. The van der Waals surface area contributed by atoms with Crippen LogP contribution in [-0.2, 0) is 4.79 Å². The number of carbonyl (C=O) groups is 1. The Hall–Kier alpha value is -0.680. The number of aliphatic carboxylic acids is 1. The number of carboxylic acid groups (broad SMARTS) is 1. The Morgan fingerprint density at radius 3 is 2.87 bits per heavy atom. The second-order valence-corrected chi connectivity index (χ2v) is 5.55. The molecule has 1 unspecified atom stereocenters. The molecule has 5 heteroatoms. The van der Waals surface area contributed by atoms with Crippen LogP contribution in [0.25, 0.3) is 0 Å². The minimum Gasteiger partial charge on any atom is -0.481 e. The molecule has 15 heavy (non-hydrogen) atoms. The van der Waals surface area contributed by atoms with Crippen molar-refractivity contribution in [1.82, 2.24) is 0 Å². The van der Waals surface area contributed by atoms with Crippen molar-refractivity contribution in [3.8, 4) is 0 Å². The molecule has 0 aliphatic heterocycles. The van der Waals surface area contributed by atoms with Gasteiger partial charge in [0, 0.05) is 20.3 Å². The van der Waals surface area contributed by atoms with E-state index < -0.39 is 5.97 Å². The summed E-state index contributed by atoms with van der Waals surface area (Å²) in [7, 11) is 0. The number of halogens is 1. The highest BCUT2D eigenvalue weighted by atomic mass is 79.9. The minimum atomic E-state index is -0.776. The molecule has 0 aliphatic rings. The lowest BCUT2D eigenvalue weighted by Crippen LogP contribution is -2.05. The van der Waals surface area contributed by atoms with Crippen LogP contribution >= 0.6 is 27.7 Å². The zero-order valence-electron chi connectivity index (χ0n) is 8.24. The van der Waals surface area contributed by atoms with E-state index in [9.17, 15) is 4.79 Å². The quantitative estimate of drug-likeness (QED) is 0.661. The van der Waals surface area contributed by atoms with E-state index in [1.807, 2.05) is 19.1 Å². The molecular weight excluding hydrogens is 278 g/mol. The van der Waals surface area contributed by atoms with E-state index in [4.69, 9.17) is 10.8 Å². The number of nitrogens with two attached hydrogens (primary N) is 1. The van der Waals surface area contributed by atoms with Crippen LogP contribution in [0.1, 0.15) is 13.3 Å². The highest BCUT2D eigenvalue weighted by Crippen LogP contribution is 2.32. The van der Waals surface area contributed by atoms with E-state index in [1.54, 1.807) is 6.07 Å². The molecule has 1 rings (SSSR count). The van der Waals surface area contributed by atoms with Crippen molar-refractivity contribution in [2.75, 3.05) is 5.73 Å². The summed E-state index contributed by atoms with van der Waals surface area (Å²) >= 11 is 4.92. The molecule has 0 spiro atoms. The van der Waals surface area contributed by atoms with Gasteiger partial charge < -0.3 is 10.8 Å². The number of carboxylic acids is 1. The molecule has 3 N–H and O–H groups in total.